The Morgan fingerprint density at radius 2 is 1.95 bits per heavy atom. The van der Waals surface area contributed by atoms with E-state index >= 15 is 0 Å². The van der Waals surface area contributed by atoms with Crippen molar-refractivity contribution in [2.24, 2.45) is 11.3 Å². The Balaban J connectivity index is 1.49. The number of aliphatic hydroxyl groups excluding tert-OH is 1. The van der Waals surface area contributed by atoms with Crippen molar-refractivity contribution in [1.82, 2.24) is 10.2 Å². The summed E-state index contributed by atoms with van der Waals surface area (Å²) in [6.07, 6.45) is 10.8. The van der Waals surface area contributed by atoms with Gasteiger partial charge in [0.25, 0.3) is 0 Å². The third-order valence-electron chi connectivity index (χ3n) is 5.47. The molecule has 3 heteroatoms. The number of hydrogen-bond donors (Lipinski definition) is 2. The first-order chi connectivity index (χ1) is 9.30. The molecule has 1 heterocycles. The summed E-state index contributed by atoms with van der Waals surface area (Å²) in [4.78, 5) is 2.68. The third kappa shape index (κ3) is 3.71. The van der Waals surface area contributed by atoms with E-state index in [9.17, 15) is 0 Å². The standard InChI is InChI=1S/C16H30N2O/c19-10-6-14-5-9-18(11-14)13-16(7-1-2-8-16)12-17-15-3-4-15/h14-15,17,19H,1-13H2. The molecule has 1 unspecified atom stereocenters. The summed E-state index contributed by atoms with van der Waals surface area (Å²) in [6, 6.07) is 0.846. The van der Waals surface area contributed by atoms with E-state index in [1.807, 2.05) is 0 Å². The van der Waals surface area contributed by atoms with Crippen LogP contribution in [0.1, 0.15) is 51.4 Å². The molecule has 1 atom stereocenters. The molecule has 0 radical (unpaired) electrons. The molecule has 0 aromatic heterocycles. The maximum atomic E-state index is 9.07. The van der Waals surface area contributed by atoms with Crippen LogP contribution in [-0.2, 0) is 0 Å². The Hall–Kier alpha value is -0.120. The van der Waals surface area contributed by atoms with Crippen molar-refractivity contribution in [2.75, 3.05) is 32.8 Å². The molecule has 0 bridgehead atoms. The molecule has 2 saturated carbocycles. The number of nitrogens with one attached hydrogen (secondary N) is 1. The summed E-state index contributed by atoms with van der Waals surface area (Å²) in [5, 5.41) is 12.9. The Labute approximate surface area is 117 Å². The van der Waals surface area contributed by atoms with Crippen molar-refractivity contribution >= 4 is 0 Å². The average Bonchev–Trinajstić information content (AvgIpc) is 2.97. The minimum Gasteiger partial charge on any atom is -0.396 e. The molecule has 3 aliphatic rings. The SMILES string of the molecule is OCCC1CCN(CC2(CNC3CC3)CCCC2)C1. The molecular formula is C16H30N2O. The highest BCUT2D eigenvalue weighted by atomic mass is 16.3. The van der Waals surface area contributed by atoms with E-state index in [1.165, 1.54) is 71.1 Å². The van der Waals surface area contributed by atoms with Gasteiger partial charge in [0.05, 0.1) is 0 Å². The molecule has 0 amide bonds. The van der Waals surface area contributed by atoms with Crippen molar-refractivity contribution in [1.29, 1.82) is 0 Å². The molecule has 3 rings (SSSR count). The first-order valence-corrected chi connectivity index (χ1v) is 8.36. The van der Waals surface area contributed by atoms with Crippen LogP contribution in [0.4, 0.5) is 0 Å². The lowest BCUT2D eigenvalue weighted by Crippen LogP contribution is -2.42. The number of nitrogens with zero attached hydrogens (tertiary/aromatic N) is 1. The Bertz CT molecular complexity index is 284. The Morgan fingerprint density at radius 1 is 1.16 bits per heavy atom. The normalized spacial score (nSPS) is 31.1. The fraction of sp³-hybridized carbons (Fsp3) is 1.00. The van der Waals surface area contributed by atoms with Crippen LogP contribution in [0, 0.1) is 11.3 Å². The zero-order valence-electron chi connectivity index (χ0n) is 12.2. The second-order valence-electron chi connectivity index (χ2n) is 7.26. The van der Waals surface area contributed by atoms with Crippen LogP contribution in [0.5, 0.6) is 0 Å². The first kappa shape index (κ1) is 13.8. The maximum absolute atomic E-state index is 9.07. The summed E-state index contributed by atoms with van der Waals surface area (Å²) >= 11 is 0. The summed E-state index contributed by atoms with van der Waals surface area (Å²) in [6.45, 7) is 5.40. The van der Waals surface area contributed by atoms with Gasteiger partial charge in [-0.25, -0.2) is 0 Å². The second kappa shape index (κ2) is 6.11. The predicted molar refractivity (Wildman–Crippen MR) is 78.2 cm³/mol. The van der Waals surface area contributed by atoms with Crippen molar-refractivity contribution in [3.63, 3.8) is 0 Å². The van der Waals surface area contributed by atoms with Gasteiger partial charge in [-0.05, 0) is 56.4 Å². The molecule has 110 valence electrons. The number of aliphatic hydroxyl groups is 1. The zero-order valence-corrected chi connectivity index (χ0v) is 12.2. The van der Waals surface area contributed by atoms with Gasteiger partial charge in [0, 0.05) is 32.3 Å². The van der Waals surface area contributed by atoms with E-state index in [1.54, 1.807) is 0 Å². The lowest BCUT2D eigenvalue weighted by atomic mass is 9.85. The third-order valence-corrected chi connectivity index (χ3v) is 5.47. The smallest absolute Gasteiger partial charge is 0.0434 e. The fourth-order valence-electron chi connectivity index (χ4n) is 4.11. The number of hydrogen-bond acceptors (Lipinski definition) is 3. The molecule has 2 N–H and O–H groups in total. The molecule has 0 aromatic rings. The maximum Gasteiger partial charge on any atom is 0.0434 e. The molecule has 1 saturated heterocycles. The summed E-state index contributed by atoms with van der Waals surface area (Å²) in [5.41, 5.74) is 0.566. The van der Waals surface area contributed by atoms with E-state index in [4.69, 9.17) is 5.11 Å². The van der Waals surface area contributed by atoms with Gasteiger partial charge in [-0.3, -0.25) is 0 Å². The quantitative estimate of drug-likeness (QED) is 0.740. The van der Waals surface area contributed by atoms with Gasteiger partial charge in [-0.1, -0.05) is 12.8 Å². The van der Waals surface area contributed by atoms with Gasteiger partial charge in [-0.2, -0.15) is 0 Å². The molecule has 3 nitrogen and oxygen atoms in total. The van der Waals surface area contributed by atoms with Crippen molar-refractivity contribution < 1.29 is 5.11 Å². The molecule has 0 spiro atoms. The molecule has 2 aliphatic carbocycles. The molecule has 19 heavy (non-hydrogen) atoms. The second-order valence-corrected chi connectivity index (χ2v) is 7.26. The highest BCUT2D eigenvalue weighted by Gasteiger charge is 2.38. The minimum absolute atomic E-state index is 0.368. The van der Waals surface area contributed by atoms with Gasteiger partial charge in [0.2, 0.25) is 0 Å². The van der Waals surface area contributed by atoms with Crippen molar-refractivity contribution in [3.05, 3.63) is 0 Å². The highest BCUT2D eigenvalue weighted by Crippen LogP contribution is 2.40. The van der Waals surface area contributed by atoms with Crippen LogP contribution in [0.25, 0.3) is 0 Å². The van der Waals surface area contributed by atoms with Gasteiger partial charge in [-0.15, -0.1) is 0 Å². The van der Waals surface area contributed by atoms with Crippen LogP contribution in [-0.4, -0.2) is 48.8 Å². The summed E-state index contributed by atoms with van der Waals surface area (Å²) < 4.78 is 0. The van der Waals surface area contributed by atoms with Crippen LogP contribution in [0.3, 0.4) is 0 Å². The molecule has 1 aliphatic heterocycles. The zero-order chi connectivity index (χ0) is 13.1. The molecular weight excluding hydrogens is 236 g/mol. The fourth-order valence-corrected chi connectivity index (χ4v) is 4.11. The Kier molecular flexibility index (Phi) is 4.45. The minimum atomic E-state index is 0.368. The van der Waals surface area contributed by atoms with Gasteiger partial charge >= 0.3 is 0 Å². The summed E-state index contributed by atoms with van der Waals surface area (Å²) in [5.74, 6) is 0.750. The highest BCUT2D eigenvalue weighted by molar-refractivity contribution is 4.93. The van der Waals surface area contributed by atoms with E-state index in [0.717, 1.165) is 18.4 Å². The first-order valence-electron chi connectivity index (χ1n) is 8.36. The molecule has 3 fully saturated rings. The van der Waals surface area contributed by atoms with Crippen molar-refractivity contribution in [2.45, 2.75) is 57.4 Å². The van der Waals surface area contributed by atoms with E-state index in [-0.39, 0.29) is 0 Å². The van der Waals surface area contributed by atoms with Crippen LogP contribution < -0.4 is 5.32 Å². The molecule has 0 aromatic carbocycles. The lowest BCUT2D eigenvalue weighted by Gasteiger charge is -2.34. The lowest BCUT2D eigenvalue weighted by molar-refractivity contribution is 0.164. The van der Waals surface area contributed by atoms with Gasteiger partial charge in [0.1, 0.15) is 0 Å². The van der Waals surface area contributed by atoms with Crippen LogP contribution >= 0.6 is 0 Å². The van der Waals surface area contributed by atoms with E-state index in [2.05, 4.69) is 10.2 Å². The van der Waals surface area contributed by atoms with Crippen LogP contribution in [0.2, 0.25) is 0 Å². The monoisotopic (exact) mass is 266 g/mol. The largest absolute Gasteiger partial charge is 0.396 e. The number of rotatable bonds is 7. The Morgan fingerprint density at radius 3 is 2.63 bits per heavy atom. The van der Waals surface area contributed by atoms with Crippen molar-refractivity contribution in [3.8, 4) is 0 Å². The van der Waals surface area contributed by atoms with E-state index < -0.39 is 0 Å². The number of likely N-dealkylation sites (tertiary alicyclic amines) is 1. The summed E-state index contributed by atoms with van der Waals surface area (Å²) in [7, 11) is 0. The predicted octanol–water partition coefficient (Wildman–Crippen LogP) is 2.00. The van der Waals surface area contributed by atoms with Crippen LogP contribution in [0.15, 0.2) is 0 Å². The van der Waals surface area contributed by atoms with E-state index in [0.29, 0.717) is 12.0 Å². The topological polar surface area (TPSA) is 35.5 Å². The van der Waals surface area contributed by atoms with Gasteiger partial charge < -0.3 is 15.3 Å². The van der Waals surface area contributed by atoms with Gasteiger partial charge in [0.15, 0.2) is 0 Å². The average molecular weight is 266 g/mol.